The van der Waals surface area contributed by atoms with Crippen LogP contribution in [0.2, 0.25) is 0 Å². The summed E-state index contributed by atoms with van der Waals surface area (Å²) in [4.78, 5) is 29.0. The molecule has 1 aliphatic rings. The molecule has 0 aromatic carbocycles. The summed E-state index contributed by atoms with van der Waals surface area (Å²) in [5.41, 5.74) is 0.657. The van der Waals surface area contributed by atoms with E-state index in [-0.39, 0.29) is 17.5 Å². The molecule has 1 saturated heterocycles. The highest BCUT2D eigenvalue weighted by atomic mass is 16.4. The standard InChI is InChI=1S/C13H17N3O3/c1-3-10-12(17)14-6-7-16(10)11-5-4-9(13(18)19)8(2)15-11/h4-5,10H,3,6-7H2,1-2H3,(H,14,17)(H,18,19). The van der Waals surface area contributed by atoms with E-state index in [1.54, 1.807) is 19.1 Å². The van der Waals surface area contributed by atoms with Gasteiger partial charge >= 0.3 is 5.97 Å². The molecule has 2 rings (SSSR count). The van der Waals surface area contributed by atoms with Crippen molar-refractivity contribution >= 4 is 17.7 Å². The van der Waals surface area contributed by atoms with Crippen LogP contribution in [0.15, 0.2) is 12.1 Å². The lowest BCUT2D eigenvalue weighted by Crippen LogP contribution is -2.55. The van der Waals surface area contributed by atoms with E-state index in [4.69, 9.17) is 5.11 Å². The van der Waals surface area contributed by atoms with Gasteiger partial charge in [-0.15, -0.1) is 0 Å². The van der Waals surface area contributed by atoms with Crippen LogP contribution in [0.1, 0.15) is 29.4 Å². The number of hydrogen-bond donors (Lipinski definition) is 2. The van der Waals surface area contributed by atoms with Gasteiger partial charge in [-0.1, -0.05) is 6.92 Å². The van der Waals surface area contributed by atoms with Gasteiger partial charge < -0.3 is 15.3 Å². The van der Waals surface area contributed by atoms with Crippen LogP contribution in [0.3, 0.4) is 0 Å². The fourth-order valence-corrected chi connectivity index (χ4v) is 2.33. The molecule has 1 unspecified atom stereocenters. The number of carbonyl (C=O) groups is 2. The van der Waals surface area contributed by atoms with Crippen LogP contribution in [0.5, 0.6) is 0 Å². The van der Waals surface area contributed by atoms with Crippen molar-refractivity contribution in [1.82, 2.24) is 10.3 Å². The number of carbonyl (C=O) groups excluding carboxylic acids is 1. The Morgan fingerprint density at radius 1 is 1.58 bits per heavy atom. The topological polar surface area (TPSA) is 82.5 Å². The van der Waals surface area contributed by atoms with Gasteiger partial charge in [0.2, 0.25) is 5.91 Å². The van der Waals surface area contributed by atoms with Crippen molar-refractivity contribution in [2.75, 3.05) is 18.0 Å². The lowest BCUT2D eigenvalue weighted by Gasteiger charge is -2.35. The number of aryl methyl sites for hydroxylation is 1. The normalized spacial score (nSPS) is 19.2. The van der Waals surface area contributed by atoms with Gasteiger partial charge in [0.05, 0.1) is 11.3 Å². The van der Waals surface area contributed by atoms with Gasteiger partial charge in [-0.2, -0.15) is 0 Å². The van der Waals surface area contributed by atoms with Crippen LogP contribution in [-0.2, 0) is 4.79 Å². The molecule has 0 radical (unpaired) electrons. The van der Waals surface area contributed by atoms with Crippen molar-refractivity contribution in [2.24, 2.45) is 0 Å². The second-order valence-electron chi connectivity index (χ2n) is 4.52. The molecule has 2 N–H and O–H groups in total. The number of nitrogens with zero attached hydrogens (tertiary/aromatic N) is 2. The fraction of sp³-hybridized carbons (Fsp3) is 0.462. The van der Waals surface area contributed by atoms with Gasteiger partial charge in [0.15, 0.2) is 0 Å². The average molecular weight is 263 g/mol. The fourth-order valence-electron chi connectivity index (χ4n) is 2.33. The molecule has 1 aromatic rings. The van der Waals surface area contributed by atoms with E-state index < -0.39 is 5.97 Å². The Hall–Kier alpha value is -2.11. The predicted molar refractivity (Wildman–Crippen MR) is 70.4 cm³/mol. The molecule has 102 valence electrons. The number of aromatic carboxylic acids is 1. The lowest BCUT2D eigenvalue weighted by atomic mass is 10.1. The SMILES string of the molecule is CCC1C(=O)NCCN1c1ccc(C(=O)O)c(C)n1. The van der Waals surface area contributed by atoms with Gasteiger partial charge in [-0.05, 0) is 25.5 Å². The van der Waals surface area contributed by atoms with Crippen LogP contribution in [0.25, 0.3) is 0 Å². The highest BCUT2D eigenvalue weighted by molar-refractivity contribution is 5.89. The maximum absolute atomic E-state index is 11.8. The zero-order valence-electron chi connectivity index (χ0n) is 11.0. The maximum atomic E-state index is 11.8. The minimum Gasteiger partial charge on any atom is -0.478 e. The molecule has 1 atom stereocenters. The first kappa shape index (κ1) is 13.3. The third kappa shape index (κ3) is 2.52. The van der Waals surface area contributed by atoms with Gasteiger partial charge in [-0.25, -0.2) is 9.78 Å². The van der Waals surface area contributed by atoms with Crippen molar-refractivity contribution in [3.05, 3.63) is 23.4 Å². The largest absolute Gasteiger partial charge is 0.478 e. The highest BCUT2D eigenvalue weighted by Gasteiger charge is 2.29. The molecule has 0 aliphatic carbocycles. The number of rotatable bonds is 3. The third-order valence-electron chi connectivity index (χ3n) is 3.31. The molecule has 1 aliphatic heterocycles. The first-order valence-corrected chi connectivity index (χ1v) is 6.30. The summed E-state index contributed by atoms with van der Waals surface area (Å²) < 4.78 is 0. The Morgan fingerprint density at radius 2 is 2.32 bits per heavy atom. The van der Waals surface area contributed by atoms with Crippen LogP contribution < -0.4 is 10.2 Å². The Kier molecular flexibility index (Phi) is 3.69. The van der Waals surface area contributed by atoms with Crippen molar-refractivity contribution in [3.63, 3.8) is 0 Å². The number of aromatic nitrogens is 1. The zero-order chi connectivity index (χ0) is 14.0. The minimum atomic E-state index is -0.986. The second-order valence-corrected chi connectivity index (χ2v) is 4.52. The first-order chi connectivity index (χ1) is 9.04. The zero-order valence-corrected chi connectivity index (χ0v) is 11.0. The van der Waals surface area contributed by atoms with E-state index in [2.05, 4.69) is 10.3 Å². The lowest BCUT2D eigenvalue weighted by molar-refractivity contribution is -0.123. The summed E-state index contributed by atoms with van der Waals surface area (Å²) in [6.45, 7) is 4.87. The molecular weight excluding hydrogens is 246 g/mol. The number of nitrogens with one attached hydrogen (secondary N) is 1. The van der Waals surface area contributed by atoms with Crippen molar-refractivity contribution in [2.45, 2.75) is 26.3 Å². The van der Waals surface area contributed by atoms with Crippen LogP contribution >= 0.6 is 0 Å². The number of pyridine rings is 1. The number of amides is 1. The summed E-state index contributed by atoms with van der Waals surface area (Å²) in [6, 6.07) is 2.97. The van der Waals surface area contributed by atoms with Crippen molar-refractivity contribution < 1.29 is 14.7 Å². The van der Waals surface area contributed by atoms with Crippen molar-refractivity contribution in [3.8, 4) is 0 Å². The Labute approximate surface area is 111 Å². The molecule has 0 bridgehead atoms. The third-order valence-corrected chi connectivity index (χ3v) is 3.31. The quantitative estimate of drug-likeness (QED) is 0.843. The van der Waals surface area contributed by atoms with E-state index in [1.807, 2.05) is 11.8 Å². The van der Waals surface area contributed by atoms with E-state index in [9.17, 15) is 9.59 Å². The Bertz CT molecular complexity index is 516. The number of piperazine rings is 1. The van der Waals surface area contributed by atoms with Crippen molar-refractivity contribution in [1.29, 1.82) is 0 Å². The first-order valence-electron chi connectivity index (χ1n) is 6.30. The molecule has 1 fully saturated rings. The monoisotopic (exact) mass is 263 g/mol. The Morgan fingerprint density at radius 3 is 2.89 bits per heavy atom. The van der Waals surface area contributed by atoms with E-state index in [1.165, 1.54) is 0 Å². The average Bonchev–Trinajstić information content (AvgIpc) is 2.37. The number of carboxylic acids is 1. The van der Waals surface area contributed by atoms with Crippen LogP contribution in [0, 0.1) is 6.92 Å². The van der Waals surface area contributed by atoms with Gasteiger partial charge in [0.1, 0.15) is 11.9 Å². The van der Waals surface area contributed by atoms with Crippen LogP contribution in [0.4, 0.5) is 5.82 Å². The molecule has 6 heteroatoms. The summed E-state index contributed by atoms with van der Waals surface area (Å²) in [6.07, 6.45) is 0.688. The molecule has 0 saturated carbocycles. The predicted octanol–water partition coefficient (Wildman–Crippen LogP) is 0.803. The highest BCUT2D eigenvalue weighted by Crippen LogP contribution is 2.20. The molecule has 6 nitrogen and oxygen atoms in total. The second kappa shape index (κ2) is 5.26. The van der Waals surface area contributed by atoms with Gasteiger partial charge in [0.25, 0.3) is 0 Å². The molecule has 19 heavy (non-hydrogen) atoms. The number of anilines is 1. The summed E-state index contributed by atoms with van der Waals surface area (Å²) in [5.74, 6) is -0.334. The molecule has 1 aromatic heterocycles. The summed E-state index contributed by atoms with van der Waals surface area (Å²) in [5, 5.41) is 11.8. The maximum Gasteiger partial charge on any atom is 0.337 e. The Balaban J connectivity index is 2.33. The van der Waals surface area contributed by atoms with E-state index >= 15 is 0 Å². The van der Waals surface area contributed by atoms with Gasteiger partial charge in [0, 0.05) is 13.1 Å². The molecular formula is C13H17N3O3. The molecule has 1 amide bonds. The molecule has 0 spiro atoms. The number of carboxylic acid groups (broad SMARTS) is 1. The summed E-state index contributed by atoms with van der Waals surface area (Å²) >= 11 is 0. The summed E-state index contributed by atoms with van der Waals surface area (Å²) in [7, 11) is 0. The minimum absolute atomic E-state index is 0.00415. The van der Waals surface area contributed by atoms with E-state index in [0.29, 0.717) is 31.0 Å². The number of hydrogen-bond acceptors (Lipinski definition) is 4. The van der Waals surface area contributed by atoms with Crippen LogP contribution in [-0.4, -0.2) is 41.1 Å². The molecule has 2 heterocycles. The van der Waals surface area contributed by atoms with E-state index in [0.717, 1.165) is 0 Å². The smallest absolute Gasteiger partial charge is 0.337 e. The van der Waals surface area contributed by atoms with Gasteiger partial charge in [-0.3, -0.25) is 4.79 Å².